The number of benzene rings is 2. The van der Waals surface area contributed by atoms with E-state index in [-0.39, 0.29) is 23.4 Å². The van der Waals surface area contributed by atoms with Gasteiger partial charge in [0.1, 0.15) is 0 Å². The molecule has 0 aliphatic heterocycles. The third kappa shape index (κ3) is 5.76. The van der Waals surface area contributed by atoms with E-state index in [9.17, 15) is 9.59 Å². The number of amides is 1. The molecule has 3 aromatic rings. The number of hydrogen-bond donors (Lipinski definition) is 1. The minimum Gasteiger partial charge on any atom is -0.330 e. The molecule has 1 atom stereocenters. The molecule has 6 nitrogen and oxygen atoms in total. The quantitative estimate of drug-likeness (QED) is 0.541. The molecule has 0 bridgehead atoms. The lowest BCUT2D eigenvalue weighted by Crippen LogP contribution is -2.41. The van der Waals surface area contributed by atoms with Crippen molar-refractivity contribution in [2.45, 2.75) is 39.7 Å². The lowest BCUT2D eigenvalue weighted by molar-refractivity contribution is 0.0613. The van der Waals surface area contributed by atoms with E-state index in [2.05, 4.69) is 13.8 Å². The Hall–Kier alpha value is -3.25. The molecule has 1 amide bonds. The van der Waals surface area contributed by atoms with Gasteiger partial charge < -0.3 is 15.2 Å². The highest BCUT2D eigenvalue weighted by Crippen LogP contribution is 2.31. The maximum atomic E-state index is 13.7. The lowest BCUT2D eigenvalue weighted by Gasteiger charge is -2.35. The fourth-order valence-corrected chi connectivity index (χ4v) is 4.14. The molecular weight excluding hydrogens is 412 g/mol. The fraction of sp³-hybridized carbons (Fsp3) is 0.370. The highest BCUT2D eigenvalue weighted by Gasteiger charge is 2.32. The van der Waals surface area contributed by atoms with E-state index in [1.54, 1.807) is 13.4 Å². The highest BCUT2D eigenvalue weighted by atomic mass is 16.2. The van der Waals surface area contributed by atoms with Crippen molar-refractivity contribution < 1.29 is 4.79 Å². The SMILES string of the molecule is Cc1ccc(C(=O)N(CCCN)C(c2ncn(C)c(=O)c2Cc2ccccc2)C(C)C)cc1. The maximum absolute atomic E-state index is 13.7. The van der Waals surface area contributed by atoms with Crippen LogP contribution >= 0.6 is 0 Å². The summed E-state index contributed by atoms with van der Waals surface area (Å²) in [5.74, 6) is -0.0263. The number of nitrogens with two attached hydrogens (primary N) is 1. The zero-order valence-corrected chi connectivity index (χ0v) is 20.0. The molecule has 0 radical (unpaired) electrons. The normalized spacial score (nSPS) is 12.1. The fourth-order valence-electron chi connectivity index (χ4n) is 4.14. The molecule has 1 heterocycles. The van der Waals surface area contributed by atoms with Gasteiger partial charge in [-0.15, -0.1) is 0 Å². The van der Waals surface area contributed by atoms with Gasteiger partial charge in [0.25, 0.3) is 11.5 Å². The standard InChI is InChI=1S/C27H34N4O2/c1-19(2)25(31(16-8-15-28)26(32)22-13-11-20(3)12-14-22)24-23(27(33)30(4)18-29-24)17-21-9-6-5-7-10-21/h5-7,9-14,18-19,25H,8,15-17,28H2,1-4H3. The van der Waals surface area contributed by atoms with Crippen molar-refractivity contribution in [3.63, 3.8) is 0 Å². The van der Waals surface area contributed by atoms with Crippen molar-refractivity contribution >= 4 is 5.91 Å². The molecule has 33 heavy (non-hydrogen) atoms. The van der Waals surface area contributed by atoms with Gasteiger partial charge >= 0.3 is 0 Å². The zero-order valence-electron chi connectivity index (χ0n) is 20.0. The van der Waals surface area contributed by atoms with Gasteiger partial charge in [-0.25, -0.2) is 4.98 Å². The molecule has 0 aliphatic rings. The van der Waals surface area contributed by atoms with Crippen molar-refractivity contribution in [2.24, 2.45) is 18.7 Å². The van der Waals surface area contributed by atoms with Crippen LogP contribution in [0.15, 0.2) is 65.7 Å². The summed E-state index contributed by atoms with van der Waals surface area (Å²) in [6.45, 7) is 7.09. The Balaban J connectivity index is 2.12. The Kier molecular flexibility index (Phi) is 8.17. The predicted octanol–water partition coefficient (Wildman–Crippen LogP) is 3.87. The molecule has 0 spiro atoms. The molecule has 174 valence electrons. The molecule has 0 fully saturated rings. The van der Waals surface area contributed by atoms with Crippen LogP contribution in [0.3, 0.4) is 0 Å². The van der Waals surface area contributed by atoms with Gasteiger partial charge in [0.05, 0.1) is 18.1 Å². The molecule has 0 saturated heterocycles. The van der Waals surface area contributed by atoms with Crippen LogP contribution in [0.2, 0.25) is 0 Å². The van der Waals surface area contributed by atoms with Gasteiger partial charge in [-0.05, 0) is 43.5 Å². The number of aryl methyl sites for hydroxylation is 2. The topological polar surface area (TPSA) is 81.2 Å². The number of rotatable bonds is 9. The number of nitrogens with zero attached hydrogens (tertiary/aromatic N) is 3. The van der Waals surface area contributed by atoms with Gasteiger partial charge in [-0.2, -0.15) is 0 Å². The molecule has 1 unspecified atom stereocenters. The Morgan fingerprint density at radius 1 is 1.09 bits per heavy atom. The molecule has 0 saturated carbocycles. The number of carbonyl (C=O) groups excluding carboxylic acids is 1. The Bertz CT molecular complexity index is 1120. The Labute approximate surface area is 196 Å². The summed E-state index contributed by atoms with van der Waals surface area (Å²) in [5, 5.41) is 0. The van der Waals surface area contributed by atoms with E-state index in [1.807, 2.05) is 66.4 Å². The van der Waals surface area contributed by atoms with Crippen molar-refractivity contribution in [1.29, 1.82) is 0 Å². The van der Waals surface area contributed by atoms with Crippen LogP contribution in [0.25, 0.3) is 0 Å². The van der Waals surface area contributed by atoms with Crippen molar-refractivity contribution in [2.75, 3.05) is 13.1 Å². The predicted molar refractivity (Wildman–Crippen MR) is 132 cm³/mol. The van der Waals surface area contributed by atoms with Gasteiger partial charge in [-0.3, -0.25) is 9.59 Å². The van der Waals surface area contributed by atoms with Crippen molar-refractivity contribution in [1.82, 2.24) is 14.5 Å². The van der Waals surface area contributed by atoms with E-state index in [4.69, 9.17) is 10.7 Å². The monoisotopic (exact) mass is 446 g/mol. The van der Waals surface area contributed by atoms with E-state index in [0.717, 1.165) is 11.1 Å². The van der Waals surface area contributed by atoms with Crippen LogP contribution in [-0.4, -0.2) is 33.4 Å². The van der Waals surface area contributed by atoms with Gasteiger partial charge in [0, 0.05) is 31.1 Å². The molecule has 2 N–H and O–H groups in total. The molecule has 3 rings (SSSR count). The third-order valence-corrected chi connectivity index (χ3v) is 5.89. The largest absolute Gasteiger partial charge is 0.330 e. The molecule has 6 heteroatoms. The van der Waals surface area contributed by atoms with Crippen LogP contribution < -0.4 is 11.3 Å². The second-order valence-electron chi connectivity index (χ2n) is 8.88. The Morgan fingerprint density at radius 3 is 2.36 bits per heavy atom. The first-order valence-corrected chi connectivity index (χ1v) is 11.5. The summed E-state index contributed by atoms with van der Waals surface area (Å²) < 4.78 is 1.51. The molecular formula is C27H34N4O2. The maximum Gasteiger partial charge on any atom is 0.256 e. The molecule has 1 aromatic heterocycles. The van der Waals surface area contributed by atoms with Gasteiger partial charge in [0.15, 0.2) is 0 Å². The molecule has 0 aliphatic carbocycles. The zero-order chi connectivity index (χ0) is 24.0. The van der Waals surface area contributed by atoms with E-state index < -0.39 is 0 Å². The second-order valence-corrected chi connectivity index (χ2v) is 8.88. The third-order valence-electron chi connectivity index (χ3n) is 5.89. The minimum absolute atomic E-state index is 0.0475. The van der Waals surface area contributed by atoms with E-state index >= 15 is 0 Å². The van der Waals surface area contributed by atoms with Crippen LogP contribution in [0.5, 0.6) is 0 Å². The highest BCUT2D eigenvalue weighted by molar-refractivity contribution is 5.94. The first kappa shape index (κ1) is 24.4. The number of carbonyl (C=O) groups is 1. The van der Waals surface area contributed by atoms with Gasteiger partial charge in [-0.1, -0.05) is 61.9 Å². The summed E-state index contributed by atoms with van der Waals surface area (Å²) >= 11 is 0. The average molecular weight is 447 g/mol. The van der Waals surface area contributed by atoms with Crippen LogP contribution in [-0.2, 0) is 13.5 Å². The first-order chi connectivity index (χ1) is 15.8. The summed E-state index contributed by atoms with van der Waals surface area (Å²) in [7, 11) is 1.71. The lowest BCUT2D eigenvalue weighted by atomic mass is 9.92. The summed E-state index contributed by atoms with van der Waals surface area (Å²) in [6, 6.07) is 17.1. The second kappa shape index (κ2) is 11.1. The van der Waals surface area contributed by atoms with Crippen LogP contribution in [0, 0.1) is 12.8 Å². The average Bonchev–Trinajstić information content (AvgIpc) is 2.81. The first-order valence-electron chi connectivity index (χ1n) is 11.5. The van der Waals surface area contributed by atoms with Gasteiger partial charge in [0.2, 0.25) is 0 Å². The number of aromatic nitrogens is 2. The van der Waals surface area contributed by atoms with Crippen LogP contribution in [0.1, 0.15) is 59.1 Å². The van der Waals surface area contributed by atoms with Crippen molar-refractivity contribution in [3.05, 3.63) is 99.2 Å². The summed E-state index contributed by atoms with van der Waals surface area (Å²) in [6.07, 6.45) is 2.68. The summed E-state index contributed by atoms with van der Waals surface area (Å²) in [5.41, 5.74) is 9.77. The smallest absolute Gasteiger partial charge is 0.256 e. The summed E-state index contributed by atoms with van der Waals surface area (Å²) in [4.78, 5) is 33.5. The van der Waals surface area contributed by atoms with Crippen LogP contribution in [0.4, 0.5) is 0 Å². The Morgan fingerprint density at radius 2 is 1.76 bits per heavy atom. The minimum atomic E-state index is -0.349. The van der Waals surface area contributed by atoms with E-state index in [0.29, 0.717) is 42.8 Å². The van der Waals surface area contributed by atoms with Crippen molar-refractivity contribution in [3.8, 4) is 0 Å². The van der Waals surface area contributed by atoms with E-state index in [1.165, 1.54) is 4.57 Å². The molecule has 2 aromatic carbocycles. The number of hydrogen-bond acceptors (Lipinski definition) is 4.